The quantitative estimate of drug-likeness (QED) is 0.521. The Hall–Kier alpha value is -1.68. The van der Waals surface area contributed by atoms with Crippen molar-refractivity contribution in [3.63, 3.8) is 0 Å². The van der Waals surface area contributed by atoms with E-state index in [9.17, 15) is 0 Å². The predicted octanol–water partition coefficient (Wildman–Crippen LogP) is 3.01. The third kappa shape index (κ3) is 2.99. The summed E-state index contributed by atoms with van der Waals surface area (Å²) < 4.78 is 5.55. The minimum atomic E-state index is 0.544. The molecule has 1 nitrogen and oxygen atoms in total. The number of rotatable bonds is 3. The summed E-state index contributed by atoms with van der Waals surface area (Å²) in [5.41, 5.74) is 1.93. The van der Waals surface area contributed by atoms with Crippen molar-refractivity contribution in [3.8, 4) is 17.6 Å². The van der Waals surface area contributed by atoms with Gasteiger partial charge in [0.2, 0.25) is 0 Å². The van der Waals surface area contributed by atoms with Crippen molar-refractivity contribution < 1.29 is 4.74 Å². The second-order valence-electron chi connectivity index (χ2n) is 3.12. The van der Waals surface area contributed by atoms with E-state index in [1.165, 1.54) is 0 Å². The second kappa shape index (κ2) is 5.14. The Morgan fingerprint density at radius 1 is 1.43 bits per heavy atom. The molecule has 1 aromatic carbocycles. The van der Waals surface area contributed by atoms with Crippen LogP contribution in [0.5, 0.6) is 5.75 Å². The van der Waals surface area contributed by atoms with Crippen LogP contribution in [0.3, 0.4) is 0 Å². The molecule has 1 aromatic rings. The molecule has 0 aromatic heterocycles. The first-order chi connectivity index (χ1) is 6.74. The molecule has 1 rings (SSSR count). The molecule has 0 aliphatic carbocycles. The fraction of sp³-hybridized carbons (Fsp3) is 0.231. The standard InChI is InChI=1S/C13H14O/c1-4-7-12-8-5-6-9-13(12)14-10-11(2)3/h5-6,8-9H,2,10H2,1,3H3. The molecular formula is C13H14O. The maximum absolute atomic E-state index is 5.55. The van der Waals surface area contributed by atoms with Crippen LogP contribution in [-0.4, -0.2) is 6.61 Å². The highest BCUT2D eigenvalue weighted by Crippen LogP contribution is 2.16. The molecule has 0 radical (unpaired) electrons. The molecule has 0 bridgehead atoms. The SMILES string of the molecule is C=C(C)COc1ccccc1C#CC. The second-order valence-corrected chi connectivity index (χ2v) is 3.12. The van der Waals surface area contributed by atoms with E-state index in [-0.39, 0.29) is 0 Å². The molecule has 0 aliphatic rings. The lowest BCUT2D eigenvalue weighted by Gasteiger charge is -2.07. The molecule has 72 valence electrons. The molecule has 14 heavy (non-hydrogen) atoms. The monoisotopic (exact) mass is 186 g/mol. The fourth-order valence-electron chi connectivity index (χ4n) is 1.03. The first-order valence-electron chi connectivity index (χ1n) is 4.53. The zero-order valence-corrected chi connectivity index (χ0v) is 8.63. The molecule has 0 fully saturated rings. The Morgan fingerprint density at radius 3 is 2.79 bits per heavy atom. The highest BCUT2D eigenvalue weighted by Gasteiger charge is 1.98. The van der Waals surface area contributed by atoms with Gasteiger partial charge in [-0.3, -0.25) is 0 Å². The molecule has 1 heteroatoms. The van der Waals surface area contributed by atoms with Crippen LogP contribution >= 0.6 is 0 Å². The zero-order valence-electron chi connectivity index (χ0n) is 8.63. The van der Waals surface area contributed by atoms with Crippen molar-refractivity contribution in [1.82, 2.24) is 0 Å². The van der Waals surface area contributed by atoms with E-state index >= 15 is 0 Å². The van der Waals surface area contributed by atoms with Crippen molar-refractivity contribution in [2.75, 3.05) is 6.61 Å². The van der Waals surface area contributed by atoms with Gasteiger partial charge in [0, 0.05) is 0 Å². The van der Waals surface area contributed by atoms with Crippen molar-refractivity contribution in [2.45, 2.75) is 13.8 Å². The first kappa shape index (κ1) is 10.4. The molecule has 0 saturated carbocycles. The average Bonchev–Trinajstić information content (AvgIpc) is 2.17. The largest absolute Gasteiger partial charge is 0.488 e. The van der Waals surface area contributed by atoms with Gasteiger partial charge in [-0.25, -0.2) is 0 Å². The molecule has 0 aliphatic heterocycles. The van der Waals surface area contributed by atoms with Crippen LogP contribution in [0.2, 0.25) is 0 Å². The van der Waals surface area contributed by atoms with E-state index in [1.807, 2.05) is 38.1 Å². The van der Waals surface area contributed by atoms with Gasteiger partial charge in [0.1, 0.15) is 12.4 Å². The van der Waals surface area contributed by atoms with Gasteiger partial charge in [-0.1, -0.05) is 24.6 Å². The number of hydrogen-bond acceptors (Lipinski definition) is 1. The Labute approximate surface area is 85.4 Å². The van der Waals surface area contributed by atoms with Gasteiger partial charge in [-0.05, 0) is 31.6 Å². The smallest absolute Gasteiger partial charge is 0.135 e. The first-order valence-corrected chi connectivity index (χ1v) is 4.53. The van der Waals surface area contributed by atoms with Crippen molar-refractivity contribution >= 4 is 0 Å². The lowest BCUT2D eigenvalue weighted by molar-refractivity contribution is 0.352. The van der Waals surface area contributed by atoms with E-state index < -0.39 is 0 Å². The maximum Gasteiger partial charge on any atom is 0.135 e. The summed E-state index contributed by atoms with van der Waals surface area (Å²) in [7, 11) is 0. The third-order valence-corrected chi connectivity index (χ3v) is 1.62. The van der Waals surface area contributed by atoms with Crippen LogP contribution in [0.4, 0.5) is 0 Å². The Morgan fingerprint density at radius 2 is 2.14 bits per heavy atom. The lowest BCUT2D eigenvalue weighted by atomic mass is 10.2. The fourth-order valence-corrected chi connectivity index (χ4v) is 1.03. The average molecular weight is 186 g/mol. The molecule has 0 unspecified atom stereocenters. The Kier molecular flexibility index (Phi) is 3.82. The Balaban J connectivity index is 2.82. The van der Waals surface area contributed by atoms with E-state index in [2.05, 4.69) is 18.4 Å². The maximum atomic E-state index is 5.55. The summed E-state index contributed by atoms with van der Waals surface area (Å²) in [6.07, 6.45) is 0. The minimum absolute atomic E-state index is 0.544. The highest BCUT2D eigenvalue weighted by atomic mass is 16.5. The summed E-state index contributed by atoms with van der Waals surface area (Å²) in [4.78, 5) is 0. The topological polar surface area (TPSA) is 9.23 Å². The van der Waals surface area contributed by atoms with Gasteiger partial charge in [-0.15, -0.1) is 5.92 Å². The van der Waals surface area contributed by atoms with Gasteiger partial charge < -0.3 is 4.74 Å². The van der Waals surface area contributed by atoms with Gasteiger partial charge >= 0.3 is 0 Å². The molecule has 0 atom stereocenters. The molecule has 0 N–H and O–H groups in total. The molecule has 0 spiro atoms. The molecule has 0 heterocycles. The van der Waals surface area contributed by atoms with Crippen LogP contribution in [0.15, 0.2) is 36.4 Å². The minimum Gasteiger partial charge on any atom is -0.488 e. The van der Waals surface area contributed by atoms with E-state index in [4.69, 9.17) is 4.74 Å². The van der Waals surface area contributed by atoms with Crippen molar-refractivity contribution in [2.24, 2.45) is 0 Å². The molecular weight excluding hydrogens is 172 g/mol. The van der Waals surface area contributed by atoms with Gasteiger partial charge in [0.15, 0.2) is 0 Å². The number of benzene rings is 1. The van der Waals surface area contributed by atoms with Crippen LogP contribution in [0.25, 0.3) is 0 Å². The highest BCUT2D eigenvalue weighted by molar-refractivity contribution is 5.45. The zero-order chi connectivity index (χ0) is 10.4. The van der Waals surface area contributed by atoms with Gasteiger partial charge in [-0.2, -0.15) is 0 Å². The summed E-state index contributed by atoms with van der Waals surface area (Å²) >= 11 is 0. The van der Waals surface area contributed by atoms with Crippen LogP contribution in [0, 0.1) is 11.8 Å². The van der Waals surface area contributed by atoms with Crippen molar-refractivity contribution in [1.29, 1.82) is 0 Å². The van der Waals surface area contributed by atoms with Gasteiger partial charge in [0.25, 0.3) is 0 Å². The predicted molar refractivity (Wildman–Crippen MR) is 59.3 cm³/mol. The number of ether oxygens (including phenoxy) is 1. The molecule has 0 saturated heterocycles. The summed E-state index contributed by atoms with van der Waals surface area (Å²) in [6, 6.07) is 7.76. The normalized spacial score (nSPS) is 8.71. The third-order valence-electron chi connectivity index (χ3n) is 1.62. The van der Waals surface area contributed by atoms with Crippen LogP contribution < -0.4 is 4.74 Å². The van der Waals surface area contributed by atoms with E-state index in [1.54, 1.807) is 0 Å². The Bertz CT molecular complexity index is 380. The summed E-state index contributed by atoms with van der Waals surface area (Å²) in [5, 5.41) is 0. The van der Waals surface area contributed by atoms with E-state index in [0.29, 0.717) is 6.61 Å². The lowest BCUT2D eigenvalue weighted by Crippen LogP contribution is -1.98. The van der Waals surface area contributed by atoms with Gasteiger partial charge in [0.05, 0.1) is 5.56 Å². The number of hydrogen-bond donors (Lipinski definition) is 0. The van der Waals surface area contributed by atoms with Crippen LogP contribution in [-0.2, 0) is 0 Å². The van der Waals surface area contributed by atoms with Crippen LogP contribution in [0.1, 0.15) is 19.4 Å². The molecule has 0 amide bonds. The van der Waals surface area contributed by atoms with E-state index in [0.717, 1.165) is 16.9 Å². The summed E-state index contributed by atoms with van der Waals surface area (Å²) in [6.45, 7) is 8.08. The van der Waals surface area contributed by atoms with Crippen molar-refractivity contribution in [3.05, 3.63) is 42.0 Å². The summed E-state index contributed by atoms with van der Waals surface area (Å²) in [5.74, 6) is 6.68. The number of para-hydroxylation sites is 1.